The number of amides is 2. The van der Waals surface area contributed by atoms with Crippen LogP contribution in [0.2, 0.25) is 0 Å². The highest BCUT2D eigenvalue weighted by Gasteiger charge is 2.15. The molecule has 2 aromatic rings. The van der Waals surface area contributed by atoms with Crippen molar-refractivity contribution in [3.63, 3.8) is 0 Å². The van der Waals surface area contributed by atoms with Crippen LogP contribution in [0.15, 0.2) is 29.8 Å². The van der Waals surface area contributed by atoms with Gasteiger partial charge in [-0.1, -0.05) is 6.07 Å². The Morgan fingerprint density at radius 1 is 1.24 bits per heavy atom. The van der Waals surface area contributed by atoms with E-state index in [-0.39, 0.29) is 24.9 Å². The Morgan fingerprint density at radius 2 is 2.00 bits per heavy atom. The maximum Gasteiger partial charge on any atom is 0.239 e. The number of likely N-dealkylation sites (N-methyl/N-ethyl adjacent to an activating group) is 2. The second-order valence-electron chi connectivity index (χ2n) is 5.74. The highest BCUT2D eigenvalue weighted by Crippen LogP contribution is 2.14. The van der Waals surface area contributed by atoms with Gasteiger partial charge in [0.15, 0.2) is 0 Å². The van der Waals surface area contributed by atoms with E-state index in [1.165, 1.54) is 4.88 Å². The monoisotopic (exact) mass is 363 g/mol. The first-order valence-corrected chi connectivity index (χ1v) is 9.21. The molecule has 0 aliphatic carbocycles. The van der Waals surface area contributed by atoms with Crippen LogP contribution < -0.4 is 5.32 Å². The smallest absolute Gasteiger partial charge is 0.239 e. The molecule has 0 aliphatic heterocycles. The molecule has 2 amide bonds. The van der Waals surface area contributed by atoms with E-state index in [4.69, 9.17) is 0 Å². The van der Waals surface area contributed by atoms with Crippen molar-refractivity contribution in [2.24, 2.45) is 0 Å². The number of anilines is 1. The summed E-state index contributed by atoms with van der Waals surface area (Å²) in [5, 5.41) is 9.13. The fourth-order valence-electron chi connectivity index (χ4n) is 2.51. The summed E-state index contributed by atoms with van der Waals surface area (Å²) in [6.45, 7) is 6.25. The molecule has 0 atom stereocenters. The average Bonchev–Trinajstić information content (AvgIpc) is 3.21. The van der Waals surface area contributed by atoms with Gasteiger partial charge in [0.1, 0.15) is 5.82 Å². The maximum absolute atomic E-state index is 12.2. The van der Waals surface area contributed by atoms with Gasteiger partial charge in [-0.2, -0.15) is 5.10 Å². The molecule has 136 valence electrons. The molecule has 1 N–H and O–H groups in total. The van der Waals surface area contributed by atoms with E-state index in [9.17, 15) is 9.59 Å². The Hall–Kier alpha value is -2.19. The summed E-state index contributed by atoms with van der Waals surface area (Å²) in [6, 6.07) is 5.79. The number of nitrogens with one attached hydrogen (secondary N) is 1. The fourth-order valence-corrected chi connectivity index (χ4v) is 3.19. The van der Waals surface area contributed by atoms with Crippen LogP contribution in [0.5, 0.6) is 0 Å². The first kappa shape index (κ1) is 19.1. The lowest BCUT2D eigenvalue weighted by molar-refractivity contribution is -0.132. The number of thiophene rings is 1. The minimum absolute atomic E-state index is 0.0306. The number of carbonyl (C=O) groups is 2. The van der Waals surface area contributed by atoms with E-state index in [1.54, 1.807) is 45.1 Å². The second kappa shape index (κ2) is 9.33. The fraction of sp³-hybridized carbons (Fsp3) is 0.471. The molecule has 0 aliphatic rings. The third-order valence-electron chi connectivity index (χ3n) is 3.80. The Bertz CT molecular complexity index is 679. The number of nitrogens with zero attached hydrogens (tertiary/aromatic N) is 4. The molecule has 2 rings (SSSR count). The molecule has 0 saturated heterocycles. The van der Waals surface area contributed by atoms with Crippen molar-refractivity contribution in [2.45, 2.75) is 20.4 Å². The number of hydrogen-bond donors (Lipinski definition) is 1. The van der Waals surface area contributed by atoms with Gasteiger partial charge in [-0.25, -0.2) is 4.68 Å². The lowest BCUT2D eigenvalue weighted by Gasteiger charge is -2.22. The standard InChI is InChI=1S/C17H25N5O2S/c1-4-21(5-2)17(24)13-20(3)12-16(23)19-15-8-9-18-22(15)11-14-7-6-10-25-14/h6-10H,4-5,11-13H2,1-3H3,(H,19,23). The molecule has 0 radical (unpaired) electrons. The van der Waals surface area contributed by atoms with Crippen LogP contribution >= 0.6 is 11.3 Å². The predicted molar refractivity (Wildman–Crippen MR) is 99.7 cm³/mol. The molecule has 0 aromatic carbocycles. The first-order valence-electron chi connectivity index (χ1n) is 8.33. The van der Waals surface area contributed by atoms with Gasteiger partial charge in [0.05, 0.1) is 25.8 Å². The van der Waals surface area contributed by atoms with Gasteiger partial charge in [0, 0.05) is 24.0 Å². The molecule has 2 heterocycles. The quantitative estimate of drug-likeness (QED) is 0.737. The second-order valence-corrected chi connectivity index (χ2v) is 6.77. The van der Waals surface area contributed by atoms with Gasteiger partial charge in [0.25, 0.3) is 0 Å². The SMILES string of the molecule is CCN(CC)C(=O)CN(C)CC(=O)Nc1ccnn1Cc1cccs1. The zero-order valence-electron chi connectivity index (χ0n) is 14.9. The largest absolute Gasteiger partial charge is 0.342 e. The van der Waals surface area contributed by atoms with Crippen molar-refractivity contribution in [2.75, 3.05) is 38.5 Å². The van der Waals surface area contributed by atoms with Crippen molar-refractivity contribution < 1.29 is 9.59 Å². The summed E-state index contributed by atoms with van der Waals surface area (Å²) in [7, 11) is 1.77. The molecular weight excluding hydrogens is 338 g/mol. The zero-order valence-corrected chi connectivity index (χ0v) is 15.8. The molecule has 0 saturated carbocycles. The van der Waals surface area contributed by atoms with Gasteiger partial charge in [-0.15, -0.1) is 11.3 Å². The number of rotatable bonds is 9. The Morgan fingerprint density at radius 3 is 2.64 bits per heavy atom. The Balaban J connectivity index is 1.86. The topological polar surface area (TPSA) is 70.5 Å². The van der Waals surface area contributed by atoms with Gasteiger partial charge in [-0.3, -0.25) is 14.5 Å². The third-order valence-corrected chi connectivity index (χ3v) is 4.67. The minimum Gasteiger partial charge on any atom is -0.342 e. The van der Waals surface area contributed by atoms with Crippen molar-refractivity contribution in [1.29, 1.82) is 0 Å². The van der Waals surface area contributed by atoms with Crippen molar-refractivity contribution in [3.05, 3.63) is 34.7 Å². The van der Waals surface area contributed by atoms with Gasteiger partial charge < -0.3 is 10.2 Å². The van der Waals surface area contributed by atoms with Crippen LogP contribution in [0, 0.1) is 0 Å². The molecule has 0 unspecified atom stereocenters. The van der Waals surface area contributed by atoms with E-state index in [2.05, 4.69) is 10.4 Å². The van der Waals surface area contributed by atoms with Crippen LogP contribution in [0.25, 0.3) is 0 Å². The third kappa shape index (κ3) is 5.68. The van der Waals surface area contributed by atoms with E-state index in [0.29, 0.717) is 25.5 Å². The summed E-state index contributed by atoms with van der Waals surface area (Å²) >= 11 is 1.65. The summed E-state index contributed by atoms with van der Waals surface area (Å²) in [4.78, 5) is 29.0. The van der Waals surface area contributed by atoms with Crippen molar-refractivity contribution in [1.82, 2.24) is 19.6 Å². The lowest BCUT2D eigenvalue weighted by atomic mass is 10.4. The van der Waals surface area contributed by atoms with Crippen molar-refractivity contribution in [3.8, 4) is 0 Å². The van der Waals surface area contributed by atoms with E-state index in [1.807, 2.05) is 31.4 Å². The molecule has 0 fully saturated rings. The Labute approximate surface area is 152 Å². The molecule has 7 nitrogen and oxygen atoms in total. The molecular formula is C17H25N5O2S. The maximum atomic E-state index is 12.2. The number of aromatic nitrogens is 2. The van der Waals surface area contributed by atoms with Crippen LogP contribution in [0.3, 0.4) is 0 Å². The van der Waals surface area contributed by atoms with Crippen LogP contribution in [-0.2, 0) is 16.1 Å². The summed E-state index contributed by atoms with van der Waals surface area (Å²) < 4.78 is 1.75. The molecule has 0 bridgehead atoms. The highest BCUT2D eigenvalue weighted by atomic mass is 32.1. The number of carbonyl (C=O) groups excluding carboxylic acids is 2. The lowest BCUT2D eigenvalue weighted by Crippen LogP contribution is -2.41. The average molecular weight is 363 g/mol. The molecule has 0 spiro atoms. The van der Waals surface area contributed by atoms with E-state index >= 15 is 0 Å². The van der Waals surface area contributed by atoms with Crippen LogP contribution in [0.1, 0.15) is 18.7 Å². The van der Waals surface area contributed by atoms with Crippen molar-refractivity contribution >= 4 is 29.0 Å². The molecule has 25 heavy (non-hydrogen) atoms. The summed E-state index contributed by atoms with van der Waals surface area (Å²) in [5.41, 5.74) is 0. The van der Waals surface area contributed by atoms with Crippen LogP contribution in [-0.4, -0.2) is 64.6 Å². The van der Waals surface area contributed by atoms with Gasteiger partial charge in [0.2, 0.25) is 11.8 Å². The normalized spacial score (nSPS) is 10.9. The minimum atomic E-state index is -0.164. The van der Waals surface area contributed by atoms with Gasteiger partial charge >= 0.3 is 0 Å². The molecule has 8 heteroatoms. The summed E-state index contributed by atoms with van der Waals surface area (Å²) in [6.07, 6.45) is 1.66. The zero-order chi connectivity index (χ0) is 18.2. The predicted octanol–water partition coefficient (Wildman–Crippen LogP) is 1.73. The molecule has 2 aromatic heterocycles. The summed E-state index contributed by atoms with van der Waals surface area (Å²) in [5.74, 6) is 0.521. The first-order chi connectivity index (χ1) is 12.0. The van der Waals surface area contributed by atoms with E-state index < -0.39 is 0 Å². The highest BCUT2D eigenvalue weighted by molar-refractivity contribution is 7.09. The van der Waals surface area contributed by atoms with Crippen LogP contribution in [0.4, 0.5) is 5.82 Å². The van der Waals surface area contributed by atoms with E-state index in [0.717, 1.165) is 0 Å². The Kier molecular flexibility index (Phi) is 7.15. The van der Waals surface area contributed by atoms with Gasteiger partial charge in [-0.05, 0) is 32.3 Å². The number of hydrogen-bond acceptors (Lipinski definition) is 5.